The van der Waals surface area contributed by atoms with Crippen LogP contribution in [0.1, 0.15) is 37.7 Å². The number of methoxy groups -OCH3 is 1. The van der Waals surface area contributed by atoms with Crippen molar-refractivity contribution >= 4 is 33.2 Å². The number of halogens is 1. The summed E-state index contributed by atoms with van der Waals surface area (Å²) in [6.07, 6.45) is 5.84. The van der Waals surface area contributed by atoms with Crippen molar-refractivity contribution in [2.45, 2.75) is 45.1 Å². The van der Waals surface area contributed by atoms with Crippen molar-refractivity contribution in [2.75, 3.05) is 25.2 Å². The van der Waals surface area contributed by atoms with Gasteiger partial charge in [-0.1, -0.05) is 30.9 Å². The molecule has 0 unspecified atom stereocenters. The molecule has 6 nitrogen and oxygen atoms in total. The summed E-state index contributed by atoms with van der Waals surface area (Å²) in [4.78, 5) is 12.5. The molecule has 25 heavy (non-hydrogen) atoms. The van der Waals surface area contributed by atoms with E-state index >= 15 is 0 Å². The van der Waals surface area contributed by atoms with Gasteiger partial charge in [0, 0.05) is 17.1 Å². The fourth-order valence-corrected chi connectivity index (χ4v) is 4.41. The standard InChI is InChI=1S/C17H25ClN2O4S/c1-12-9-15(16(24-2)10-14(12)18)19-17(21)11-20(25(3,22)23)13-7-5-4-6-8-13/h9-10,13H,4-8,11H2,1-3H3,(H,19,21). The van der Waals surface area contributed by atoms with E-state index in [1.165, 1.54) is 11.4 Å². The van der Waals surface area contributed by atoms with Gasteiger partial charge in [0.1, 0.15) is 5.75 Å². The number of sulfonamides is 1. The van der Waals surface area contributed by atoms with E-state index in [2.05, 4.69) is 5.32 Å². The van der Waals surface area contributed by atoms with E-state index in [4.69, 9.17) is 16.3 Å². The Kier molecular flexibility index (Phi) is 6.71. The van der Waals surface area contributed by atoms with Crippen molar-refractivity contribution in [1.82, 2.24) is 4.31 Å². The van der Waals surface area contributed by atoms with E-state index in [1.807, 2.05) is 6.92 Å². The molecule has 8 heteroatoms. The van der Waals surface area contributed by atoms with Gasteiger partial charge in [0.25, 0.3) is 0 Å². The van der Waals surface area contributed by atoms with Gasteiger partial charge in [-0.25, -0.2) is 8.42 Å². The van der Waals surface area contributed by atoms with Crippen LogP contribution in [0.4, 0.5) is 5.69 Å². The molecule has 0 atom stereocenters. The number of hydrogen-bond acceptors (Lipinski definition) is 4. The zero-order valence-electron chi connectivity index (χ0n) is 14.8. The Morgan fingerprint density at radius 1 is 1.32 bits per heavy atom. The highest BCUT2D eigenvalue weighted by atomic mass is 35.5. The first-order valence-corrected chi connectivity index (χ1v) is 10.6. The average Bonchev–Trinajstić information content (AvgIpc) is 2.55. The van der Waals surface area contributed by atoms with Gasteiger partial charge in [-0.15, -0.1) is 0 Å². The zero-order valence-corrected chi connectivity index (χ0v) is 16.4. The Morgan fingerprint density at radius 3 is 2.52 bits per heavy atom. The van der Waals surface area contributed by atoms with Crippen LogP contribution in [0.25, 0.3) is 0 Å². The van der Waals surface area contributed by atoms with E-state index in [0.717, 1.165) is 43.9 Å². The lowest BCUT2D eigenvalue weighted by atomic mass is 9.95. The maximum absolute atomic E-state index is 12.5. The molecule has 0 radical (unpaired) electrons. The highest BCUT2D eigenvalue weighted by molar-refractivity contribution is 7.88. The van der Waals surface area contributed by atoms with Crippen LogP contribution in [0, 0.1) is 6.92 Å². The monoisotopic (exact) mass is 388 g/mol. The summed E-state index contributed by atoms with van der Waals surface area (Å²) in [5.41, 5.74) is 1.27. The number of anilines is 1. The second-order valence-electron chi connectivity index (χ2n) is 6.45. The lowest BCUT2D eigenvalue weighted by molar-refractivity contribution is -0.116. The Balaban J connectivity index is 2.15. The highest BCUT2D eigenvalue weighted by Crippen LogP contribution is 2.31. The van der Waals surface area contributed by atoms with Gasteiger partial charge in [0.2, 0.25) is 15.9 Å². The number of carbonyl (C=O) groups is 1. The first-order valence-electron chi connectivity index (χ1n) is 8.33. The van der Waals surface area contributed by atoms with Crippen molar-refractivity contribution in [3.05, 3.63) is 22.7 Å². The largest absolute Gasteiger partial charge is 0.495 e. The summed E-state index contributed by atoms with van der Waals surface area (Å²) in [6.45, 7) is 1.62. The first kappa shape index (κ1) is 20.0. The van der Waals surface area contributed by atoms with Crippen LogP contribution in [0.5, 0.6) is 5.75 Å². The lowest BCUT2D eigenvalue weighted by Crippen LogP contribution is -2.45. The molecular weight excluding hydrogens is 364 g/mol. The highest BCUT2D eigenvalue weighted by Gasteiger charge is 2.30. The van der Waals surface area contributed by atoms with Gasteiger partial charge < -0.3 is 10.1 Å². The van der Waals surface area contributed by atoms with Crippen LogP contribution in [-0.2, 0) is 14.8 Å². The van der Waals surface area contributed by atoms with Crippen LogP contribution in [-0.4, -0.2) is 44.6 Å². The lowest BCUT2D eigenvalue weighted by Gasteiger charge is -2.31. The van der Waals surface area contributed by atoms with Crippen LogP contribution in [0.15, 0.2) is 12.1 Å². The Hall–Kier alpha value is -1.31. The molecule has 1 saturated carbocycles. The molecule has 1 aromatic rings. The van der Waals surface area contributed by atoms with Gasteiger partial charge >= 0.3 is 0 Å². The number of amides is 1. The first-order chi connectivity index (χ1) is 11.7. The Bertz CT molecular complexity index is 730. The predicted octanol–water partition coefficient (Wildman–Crippen LogP) is 3.19. The molecule has 1 aliphatic rings. The number of nitrogens with one attached hydrogen (secondary N) is 1. The molecule has 1 aromatic carbocycles. The average molecular weight is 389 g/mol. The van der Waals surface area contributed by atoms with Gasteiger partial charge in [0.15, 0.2) is 0 Å². The van der Waals surface area contributed by atoms with Crippen molar-refractivity contribution < 1.29 is 17.9 Å². The molecule has 1 amide bonds. The topological polar surface area (TPSA) is 75.7 Å². The fraction of sp³-hybridized carbons (Fsp3) is 0.588. The number of ether oxygens (including phenoxy) is 1. The molecule has 2 rings (SSSR count). The normalized spacial score (nSPS) is 16.0. The Morgan fingerprint density at radius 2 is 1.96 bits per heavy atom. The minimum Gasteiger partial charge on any atom is -0.495 e. The summed E-state index contributed by atoms with van der Waals surface area (Å²) >= 11 is 6.07. The number of benzene rings is 1. The third-order valence-corrected chi connectivity index (χ3v) is 6.15. The maximum Gasteiger partial charge on any atom is 0.239 e. The molecule has 0 bridgehead atoms. The van der Waals surface area contributed by atoms with Crippen LogP contribution in [0.2, 0.25) is 5.02 Å². The third-order valence-electron chi connectivity index (χ3n) is 4.46. The van der Waals surface area contributed by atoms with Gasteiger partial charge in [0.05, 0.1) is 25.6 Å². The maximum atomic E-state index is 12.5. The summed E-state index contributed by atoms with van der Waals surface area (Å²) in [7, 11) is -1.97. The van der Waals surface area contributed by atoms with Crippen LogP contribution >= 0.6 is 11.6 Å². The minimum absolute atomic E-state index is 0.108. The van der Waals surface area contributed by atoms with E-state index < -0.39 is 15.9 Å². The molecule has 0 saturated heterocycles. The van der Waals surface area contributed by atoms with E-state index in [9.17, 15) is 13.2 Å². The second-order valence-corrected chi connectivity index (χ2v) is 8.79. The SMILES string of the molecule is COc1cc(Cl)c(C)cc1NC(=O)CN(C1CCCCC1)S(C)(=O)=O. The number of rotatable bonds is 6. The fourth-order valence-electron chi connectivity index (χ4n) is 3.15. The van der Waals surface area contributed by atoms with Crippen molar-refractivity contribution in [1.29, 1.82) is 0 Å². The molecule has 140 valence electrons. The second kappa shape index (κ2) is 8.38. The predicted molar refractivity (Wildman–Crippen MR) is 99.8 cm³/mol. The number of aryl methyl sites for hydroxylation is 1. The van der Waals surface area contributed by atoms with Gasteiger partial charge in [-0.05, 0) is 31.4 Å². The number of nitrogens with zero attached hydrogens (tertiary/aromatic N) is 1. The zero-order chi connectivity index (χ0) is 18.6. The van der Waals surface area contributed by atoms with E-state index in [0.29, 0.717) is 16.5 Å². The molecule has 0 aliphatic heterocycles. The molecule has 0 heterocycles. The minimum atomic E-state index is -3.46. The van der Waals surface area contributed by atoms with Crippen molar-refractivity contribution in [2.24, 2.45) is 0 Å². The van der Waals surface area contributed by atoms with Crippen molar-refractivity contribution in [3.63, 3.8) is 0 Å². The number of hydrogen-bond donors (Lipinski definition) is 1. The summed E-state index contributed by atoms with van der Waals surface area (Å²) in [6, 6.07) is 3.23. The van der Waals surface area contributed by atoms with Crippen LogP contribution < -0.4 is 10.1 Å². The summed E-state index contributed by atoms with van der Waals surface area (Å²) < 4.78 is 30.8. The summed E-state index contributed by atoms with van der Waals surface area (Å²) in [5.74, 6) is 0.0449. The molecule has 1 aliphatic carbocycles. The van der Waals surface area contributed by atoms with E-state index in [-0.39, 0.29) is 12.6 Å². The molecule has 0 aromatic heterocycles. The van der Waals surface area contributed by atoms with Gasteiger partial charge in [-0.2, -0.15) is 4.31 Å². The Labute approximate surface area is 154 Å². The molecule has 0 spiro atoms. The number of carbonyl (C=O) groups excluding carboxylic acids is 1. The van der Waals surface area contributed by atoms with Gasteiger partial charge in [-0.3, -0.25) is 4.79 Å². The van der Waals surface area contributed by atoms with Crippen LogP contribution in [0.3, 0.4) is 0 Å². The molecule has 1 N–H and O–H groups in total. The smallest absolute Gasteiger partial charge is 0.239 e. The van der Waals surface area contributed by atoms with Crippen molar-refractivity contribution in [3.8, 4) is 5.75 Å². The molecular formula is C17H25ClN2O4S. The quantitative estimate of drug-likeness (QED) is 0.811. The molecule has 1 fully saturated rings. The van der Waals surface area contributed by atoms with E-state index in [1.54, 1.807) is 12.1 Å². The third kappa shape index (κ3) is 5.33. The summed E-state index contributed by atoms with van der Waals surface area (Å²) in [5, 5.41) is 3.28.